The summed E-state index contributed by atoms with van der Waals surface area (Å²) < 4.78 is 11.3. The van der Waals surface area contributed by atoms with Crippen molar-refractivity contribution in [3.8, 4) is 0 Å². The summed E-state index contributed by atoms with van der Waals surface area (Å²) >= 11 is 0. The standard InChI is InChI=1S/C9H16O2/c1-3-7-5-11-8-6(2)4-10-9(7)8/h6-9H,3-5H2,1-2H3/t6-,7+,8?,9?/m1/s1. The van der Waals surface area contributed by atoms with Crippen molar-refractivity contribution in [3.05, 3.63) is 0 Å². The Morgan fingerprint density at radius 1 is 1.18 bits per heavy atom. The third-order valence-corrected chi connectivity index (χ3v) is 2.93. The summed E-state index contributed by atoms with van der Waals surface area (Å²) in [5, 5.41) is 0. The van der Waals surface area contributed by atoms with E-state index in [9.17, 15) is 0 Å². The Bertz CT molecular complexity index is 146. The average molecular weight is 156 g/mol. The Kier molecular flexibility index (Phi) is 1.90. The highest BCUT2D eigenvalue weighted by atomic mass is 16.6. The van der Waals surface area contributed by atoms with E-state index in [2.05, 4.69) is 13.8 Å². The van der Waals surface area contributed by atoms with Crippen molar-refractivity contribution in [1.82, 2.24) is 0 Å². The minimum atomic E-state index is 0.403. The molecule has 2 aliphatic rings. The first-order valence-electron chi connectivity index (χ1n) is 4.56. The molecule has 0 N–H and O–H groups in total. The molecule has 2 heterocycles. The van der Waals surface area contributed by atoms with Crippen LogP contribution in [0.5, 0.6) is 0 Å². The molecule has 0 bridgehead atoms. The molecule has 2 rings (SSSR count). The van der Waals surface area contributed by atoms with Crippen molar-refractivity contribution in [2.75, 3.05) is 13.2 Å². The third-order valence-electron chi connectivity index (χ3n) is 2.93. The van der Waals surface area contributed by atoms with E-state index in [0.29, 0.717) is 24.0 Å². The van der Waals surface area contributed by atoms with Gasteiger partial charge in [0.2, 0.25) is 0 Å². The van der Waals surface area contributed by atoms with Crippen LogP contribution in [0.4, 0.5) is 0 Å². The van der Waals surface area contributed by atoms with E-state index in [0.717, 1.165) is 13.2 Å². The fraction of sp³-hybridized carbons (Fsp3) is 1.00. The SMILES string of the molecule is CC[C@H]1COC2C1OC[C@H]2C. The first-order valence-corrected chi connectivity index (χ1v) is 4.56. The van der Waals surface area contributed by atoms with E-state index in [1.54, 1.807) is 0 Å². The second-order valence-corrected chi connectivity index (χ2v) is 3.74. The molecule has 11 heavy (non-hydrogen) atoms. The molecule has 2 saturated heterocycles. The highest BCUT2D eigenvalue weighted by Crippen LogP contribution is 2.35. The van der Waals surface area contributed by atoms with Gasteiger partial charge in [-0.25, -0.2) is 0 Å². The molecule has 0 aliphatic carbocycles. The highest BCUT2D eigenvalue weighted by molar-refractivity contribution is 4.91. The molecule has 0 aromatic rings. The Labute approximate surface area is 67.9 Å². The van der Waals surface area contributed by atoms with Crippen LogP contribution in [0.2, 0.25) is 0 Å². The van der Waals surface area contributed by atoms with E-state index < -0.39 is 0 Å². The molecule has 2 aliphatic heterocycles. The van der Waals surface area contributed by atoms with E-state index in [-0.39, 0.29) is 0 Å². The zero-order valence-corrected chi connectivity index (χ0v) is 7.25. The number of rotatable bonds is 1. The predicted octanol–water partition coefficient (Wildman–Crippen LogP) is 1.45. The lowest BCUT2D eigenvalue weighted by Crippen LogP contribution is -2.24. The normalized spacial score (nSPS) is 49.6. The van der Waals surface area contributed by atoms with Gasteiger partial charge in [-0.15, -0.1) is 0 Å². The minimum Gasteiger partial charge on any atom is -0.375 e. The Morgan fingerprint density at radius 2 is 1.91 bits per heavy atom. The molecule has 2 fully saturated rings. The lowest BCUT2D eigenvalue weighted by molar-refractivity contribution is 0.0610. The molecule has 0 aromatic carbocycles. The van der Waals surface area contributed by atoms with Crippen LogP contribution < -0.4 is 0 Å². The van der Waals surface area contributed by atoms with Crippen molar-refractivity contribution < 1.29 is 9.47 Å². The molecular weight excluding hydrogens is 140 g/mol. The lowest BCUT2D eigenvalue weighted by atomic mass is 9.96. The Morgan fingerprint density at radius 3 is 2.64 bits per heavy atom. The van der Waals surface area contributed by atoms with Crippen LogP contribution in [0.15, 0.2) is 0 Å². The molecule has 2 nitrogen and oxygen atoms in total. The van der Waals surface area contributed by atoms with Crippen LogP contribution in [0, 0.1) is 11.8 Å². The predicted molar refractivity (Wildman–Crippen MR) is 42.4 cm³/mol. The molecule has 0 radical (unpaired) electrons. The molecule has 0 spiro atoms. The number of hydrogen-bond acceptors (Lipinski definition) is 2. The van der Waals surface area contributed by atoms with Gasteiger partial charge in [-0.05, 0) is 6.42 Å². The Balaban J connectivity index is 2.04. The van der Waals surface area contributed by atoms with Gasteiger partial charge < -0.3 is 9.47 Å². The summed E-state index contributed by atoms with van der Waals surface area (Å²) in [5.74, 6) is 1.27. The monoisotopic (exact) mass is 156 g/mol. The van der Waals surface area contributed by atoms with Gasteiger partial charge in [0.25, 0.3) is 0 Å². The van der Waals surface area contributed by atoms with E-state index >= 15 is 0 Å². The lowest BCUT2D eigenvalue weighted by Gasteiger charge is -2.13. The first-order chi connectivity index (χ1) is 5.33. The highest BCUT2D eigenvalue weighted by Gasteiger charge is 2.44. The number of hydrogen-bond donors (Lipinski definition) is 0. The van der Waals surface area contributed by atoms with Crippen LogP contribution in [0.3, 0.4) is 0 Å². The molecule has 0 aromatic heterocycles. The topological polar surface area (TPSA) is 18.5 Å². The third kappa shape index (κ3) is 1.09. The van der Waals surface area contributed by atoms with Gasteiger partial charge in [-0.1, -0.05) is 13.8 Å². The summed E-state index contributed by atoms with van der Waals surface area (Å²) in [7, 11) is 0. The van der Waals surface area contributed by atoms with Crippen molar-refractivity contribution in [1.29, 1.82) is 0 Å². The van der Waals surface area contributed by atoms with Gasteiger partial charge >= 0.3 is 0 Å². The maximum atomic E-state index is 5.67. The number of fused-ring (bicyclic) bond motifs is 1. The van der Waals surface area contributed by atoms with Crippen LogP contribution in [0.25, 0.3) is 0 Å². The molecule has 0 amide bonds. The molecule has 4 atom stereocenters. The second-order valence-electron chi connectivity index (χ2n) is 3.74. The van der Waals surface area contributed by atoms with Gasteiger partial charge in [-0.3, -0.25) is 0 Å². The van der Waals surface area contributed by atoms with Crippen LogP contribution in [-0.2, 0) is 9.47 Å². The summed E-state index contributed by atoms with van der Waals surface area (Å²) in [4.78, 5) is 0. The summed E-state index contributed by atoms with van der Waals surface area (Å²) in [6, 6.07) is 0. The van der Waals surface area contributed by atoms with E-state index in [4.69, 9.17) is 9.47 Å². The fourth-order valence-corrected chi connectivity index (χ4v) is 2.12. The van der Waals surface area contributed by atoms with E-state index in [1.165, 1.54) is 6.42 Å². The molecule has 2 heteroatoms. The van der Waals surface area contributed by atoms with Crippen molar-refractivity contribution >= 4 is 0 Å². The van der Waals surface area contributed by atoms with Gasteiger partial charge in [0.05, 0.1) is 25.4 Å². The largest absolute Gasteiger partial charge is 0.375 e. The smallest absolute Gasteiger partial charge is 0.0890 e. The maximum Gasteiger partial charge on any atom is 0.0890 e. The van der Waals surface area contributed by atoms with Crippen LogP contribution in [-0.4, -0.2) is 25.4 Å². The van der Waals surface area contributed by atoms with Crippen molar-refractivity contribution in [2.24, 2.45) is 11.8 Å². The maximum absolute atomic E-state index is 5.67. The zero-order valence-electron chi connectivity index (χ0n) is 7.25. The Hall–Kier alpha value is -0.0800. The zero-order chi connectivity index (χ0) is 7.84. The van der Waals surface area contributed by atoms with Gasteiger partial charge in [0.15, 0.2) is 0 Å². The van der Waals surface area contributed by atoms with Gasteiger partial charge in [0.1, 0.15) is 0 Å². The molecule has 64 valence electrons. The van der Waals surface area contributed by atoms with Gasteiger partial charge in [-0.2, -0.15) is 0 Å². The van der Waals surface area contributed by atoms with Crippen molar-refractivity contribution in [2.45, 2.75) is 32.5 Å². The molecule has 0 saturated carbocycles. The fourth-order valence-electron chi connectivity index (χ4n) is 2.12. The summed E-state index contributed by atoms with van der Waals surface area (Å²) in [6.45, 7) is 6.23. The number of ether oxygens (including phenoxy) is 2. The molecule has 2 unspecified atom stereocenters. The van der Waals surface area contributed by atoms with Crippen LogP contribution >= 0.6 is 0 Å². The minimum absolute atomic E-state index is 0.403. The second kappa shape index (κ2) is 2.76. The van der Waals surface area contributed by atoms with Crippen molar-refractivity contribution in [3.63, 3.8) is 0 Å². The first kappa shape index (κ1) is 7.56. The van der Waals surface area contributed by atoms with Gasteiger partial charge in [0, 0.05) is 11.8 Å². The van der Waals surface area contributed by atoms with Crippen LogP contribution in [0.1, 0.15) is 20.3 Å². The quantitative estimate of drug-likeness (QED) is 0.572. The van der Waals surface area contributed by atoms with E-state index in [1.807, 2.05) is 0 Å². The summed E-state index contributed by atoms with van der Waals surface area (Å²) in [5.41, 5.74) is 0. The molecular formula is C9H16O2. The average Bonchev–Trinajstić information content (AvgIpc) is 2.53. The summed E-state index contributed by atoms with van der Waals surface area (Å²) in [6.07, 6.45) is 2.00.